The van der Waals surface area contributed by atoms with E-state index in [9.17, 15) is 9.18 Å². The number of anilines is 2. The SMILES string of the molecule is O=c1nc2ccccc2c2n1C[C@@H](CN1CCN(c3ccccc3F)CC1)N2. The average Bonchev–Trinajstić information content (AvgIpc) is 3.14. The van der Waals surface area contributed by atoms with Gasteiger partial charge in [-0.2, -0.15) is 4.98 Å². The number of aromatic nitrogens is 2. The van der Waals surface area contributed by atoms with E-state index in [-0.39, 0.29) is 17.5 Å². The van der Waals surface area contributed by atoms with Crippen molar-refractivity contribution < 1.29 is 4.39 Å². The van der Waals surface area contributed by atoms with Gasteiger partial charge in [-0.3, -0.25) is 9.47 Å². The van der Waals surface area contributed by atoms with Crippen molar-refractivity contribution in [2.75, 3.05) is 42.9 Å². The number of halogens is 1. The van der Waals surface area contributed by atoms with E-state index >= 15 is 0 Å². The van der Waals surface area contributed by atoms with E-state index in [0.717, 1.165) is 49.4 Å². The molecule has 1 N–H and O–H groups in total. The number of fused-ring (bicyclic) bond motifs is 3. The predicted octanol–water partition coefficient (Wildman–Crippen LogP) is 2.15. The fourth-order valence-corrected chi connectivity index (χ4v) is 4.25. The van der Waals surface area contributed by atoms with E-state index in [4.69, 9.17) is 0 Å². The highest BCUT2D eigenvalue weighted by Gasteiger charge is 2.27. The lowest BCUT2D eigenvalue weighted by Crippen LogP contribution is -2.49. The zero-order valence-corrected chi connectivity index (χ0v) is 15.5. The highest BCUT2D eigenvalue weighted by atomic mass is 19.1. The second-order valence-electron chi connectivity index (χ2n) is 7.45. The molecule has 0 aliphatic carbocycles. The zero-order valence-electron chi connectivity index (χ0n) is 15.5. The molecule has 3 heterocycles. The molecule has 144 valence electrons. The smallest absolute Gasteiger partial charge is 0.349 e. The number of rotatable bonds is 3. The molecule has 2 aliphatic rings. The van der Waals surface area contributed by atoms with Crippen LogP contribution in [0.2, 0.25) is 0 Å². The van der Waals surface area contributed by atoms with Crippen LogP contribution in [0.4, 0.5) is 15.9 Å². The topological polar surface area (TPSA) is 53.4 Å². The Morgan fingerprint density at radius 3 is 2.61 bits per heavy atom. The Balaban J connectivity index is 1.26. The third kappa shape index (κ3) is 3.01. The highest BCUT2D eigenvalue weighted by molar-refractivity contribution is 5.89. The van der Waals surface area contributed by atoms with Gasteiger partial charge >= 0.3 is 5.69 Å². The monoisotopic (exact) mass is 379 g/mol. The van der Waals surface area contributed by atoms with Gasteiger partial charge in [-0.1, -0.05) is 24.3 Å². The van der Waals surface area contributed by atoms with Crippen molar-refractivity contribution in [2.45, 2.75) is 12.6 Å². The van der Waals surface area contributed by atoms with Crippen LogP contribution in [0.3, 0.4) is 0 Å². The van der Waals surface area contributed by atoms with Crippen molar-refractivity contribution in [1.29, 1.82) is 0 Å². The second kappa shape index (κ2) is 6.91. The van der Waals surface area contributed by atoms with Crippen molar-refractivity contribution in [3.63, 3.8) is 0 Å². The Morgan fingerprint density at radius 1 is 1.04 bits per heavy atom. The second-order valence-corrected chi connectivity index (χ2v) is 7.45. The molecule has 2 aromatic carbocycles. The molecule has 2 aliphatic heterocycles. The molecule has 0 unspecified atom stereocenters. The molecule has 6 nitrogen and oxygen atoms in total. The fraction of sp³-hybridized carbons (Fsp3) is 0.333. The molecule has 5 rings (SSSR count). The van der Waals surface area contributed by atoms with Gasteiger partial charge in [-0.15, -0.1) is 0 Å². The number of benzene rings is 2. The van der Waals surface area contributed by atoms with Gasteiger partial charge in [-0.25, -0.2) is 9.18 Å². The molecule has 3 aromatic rings. The largest absolute Gasteiger partial charge is 0.367 e. The molecule has 0 spiro atoms. The number of para-hydroxylation sites is 2. The Kier molecular flexibility index (Phi) is 4.24. The van der Waals surface area contributed by atoms with Crippen molar-refractivity contribution in [1.82, 2.24) is 14.5 Å². The van der Waals surface area contributed by atoms with E-state index in [1.165, 1.54) is 6.07 Å². The summed E-state index contributed by atoms with van der Waals surface area (Å²) in [6.45, 7) is 4.81. The first-order valence-corrected chi connectivity index (χ1v) is 9.67. The first-order chi connectivity index (χ1) is 13.7. The van der Waals surface area contributed by atoms with Crippen LogP contribution in [-0.4, -0.2) is 53.2 Å². The Bertz CT molecular complexity index is 1070. The quantitative estimate of drug-likeness (QED) is 0.756. The molecule has 1 fully saturated rings. The van der Waals surface area contributed by atoms with Gasteiger partial charge in [0.05, 0.1) is 23.8 Å². The van der Waals surface area contributed by atoms with Crippen molar-refractivity contribution >= 4 is 22.4 Å². The summed E-state index contributed by atoms with van der Waals surface area (Å²) < 4.78 is 15.8. The van der Waals surface area contributed by atoms with Crippen molar-refractivity contribution in [3.8, 4) is 0 Å². The molecular formula is C21H22FN5O. The van der Waals surface area contributed by atoms with E-state index in [2.05, 4.69) is 20.1 Å². The summed E-state index contributed by atoms with van der Waals surface area (Å²) in [5.74, 6) is 0.702. The van der Waals surface area contributed by atoms with Gasteiger partial charge < -0.3 is 10.2 Å². The standard InChI is InChI=1S/C21H22FN5O/c22-17-6-2-4-8-19(17)26-11-9-25(10-12-26)13-15-14-27-20(23-15)16-5-1-3-7-18(16)24-21(27)28/h1-8,15,23H,9-14H2/t15-/m1/s1. The van der Waals surface area contributed by atoms with Gasteiger partial charge in [0.2, 0.25) is 0 Å². The molecule has 0 amide bonds. The van der Waals surface area contributed by atoms with Gasteiger partial charge in [0, 0.05) is 38.1 Å². The number of nitrogens with one attached hydrogen (secondary N) is 1. The molecule has 1 aromatic heterocycles. The van der Waals surface area contributed by atoms with Gasteiger partial charge in [0.15, 0.2) is 0 Å². The molecule has 0 bridgehead atoms. The normalized spacial score (nSPS) is 19.6. The van der Waals surface area contributed by atoms with Gasteiger partial charge in [-0.05, 0) is 24.3 Å². The molecule has 0 saturated carbocycles. The molecule has 1 atom stereocenters. The van der Waals surface area contributed by atoms with Gasteiger partial charge in [0.1, 0.15) is 11.6 Å². The molecule has 1 saturated heterocycles. The first-order valence-electron chi connectivity index (χ1n) is 9.67. The third-order valence-electron chi connectivity index (χ3n) is 5.66. The number of nitrogens with zero attached hydrogens (tertiary/aromatic N) is 4. The van der Waals surface area contributed by atoms with Crippen LogP contribution in [0.25, 0.3) is 10.9 Å². The molecule has 28 heavy (non-hydrogen) atoms. The summed E-state index contributed by atoms with van der Waals surface area (Å²) in [4.78, 5) is 21.0. The lowest BCUT2D eigenvalue weighted by atomic mass is 10.2. The summed E-state index contributed by atoms with van der Waals surface area (Å²) in [6.07, 6.45) is 0. The summed E-state index contributed by atoms with van der Waals surface area (Å²) in [6, 6.07) is 14.8. The maximum absolute atomic E-state index is 14.0. The zero-order chi connectivity index (χ0) is 19.1. The lowest BCUT2D eigenvalue weighted by molar-refractivity contribution is 0.244. The van der Waals surface area contributed by atoms with Crippen LogP contribution in [-0.2, 0) is 6.54 Å². The molecule has 7 heteroatoms. The minimum atomic E-state index is -0.201. The van der Waals surface area contributed by atoms with Crippen LogP contribution >= 0.6 is 0 Å². The van der Waals surface area contributed by atoms with Crippen molar-refractivity contribution in [3.05, 3.63) is 64.8 Å². The Morgan fingerprint density at radius 2 is 1.79 bits per heavy atom. The summed E-state index contributed by atoms with van der Waals surface area (Å²) >= 11 is 0. The fourth-order valence-electron chi connectivity index (χ4n) is 4.25. The van der Waals surface area contributed by atoms with Crippen LogP contribution in [0, 0.1) is 5.82 Å². The third-order valence-corrected chi connectivity index (χ3v) is 5.66. The Labute approximate surface area is 162 Å². The highest BCUT2D eigenvalue weighted by Crippen LogP contribution is 2.26. The maximum Gasteiger partial charge on any atom is 0.349 e. The Hall–Kier alpha value is -2.93. The van der Waals surface area contributed by atoms with Crippen LogP contribution in [0.15, 0.2) is 53.3 Å². The van der Waals surface area contributed by atoms with Crippen LogP contribution in [0.5, 0.6) is 0 Å². The minimum absolute atomic E-state index is 0.164. The summed E-state index contributed by atoms with van der Waals surface area (Å²) in [5.41, 5.74) is 1.20. The molecule has 0 radical (unpaired) electrons. The summed E-state index contributed by atoms with van der Waals surface area (Å²) in [7, 11) is 0. The van der Waals surface area contributed by atoms with Crippen molar-refractivity contribution in [2.24, 2.45) is 0 Å². The van der Waals surface area contributed by atoms with Gasteiger partial charge in [0.25, 0.3) is 0 Å². The number of piperazine rings is 1. The van der Waals surface area contributed by atoms with E-state index < -0.39 is 0 Å². The number of hydrogen-bond donors (Lipinski definition) is 1. The predicted molar refractivity (Wildman–Crippen MR) is 108 cm³/mol. The van der Waals surface area contributed by atoms with E-state index in [1.54, 1.807) is 10.6 Å². The van der Waals surface area contributed by atoms with E-state index in [0.29, 0.717) is 12.2 Å². The number of hydrogen-bond acceptors (Lipinski definition) is 5. The summed E-state index contributed by atoms with van der Waals surface area (Å²) in [5, 5.41) is 4.51. The maximum atomic E-state index is 14.0. The van der Waals surface area contributed by atoms with E-state index in [1.807, 2.05) is 36.4 Å². The van der Waals surface area contributed by atoms with Crippen LogP contribution in [0.1, 0.15) is 0 Å². The molecular weight excluding hydrogens is 357 g/mol. The minimum Gasteiger partial charge on any atom is -0.367 e. The van der Waals surface area contributed by atoms with Crippen LogP contribution < -0.4 is 15.9 Å². The average molecular weight is 379 g/mol. The lowest BCUT2D eigenvalue weighted by Gasteiger charge is -2.37. The first kappa shape index (κ1) is 17.2.